The fourth-order valence-electron chi connectivity index (χ4n) is 4.83. The Morgan fingerprint density at radius 2 is 1.62 bits per heavy atom. The van der Waals surface area contributed by atoms with Crippen molar-refractivity contribution in [1.29, 1.82) is 0 Å². The van der Waals surface area contributed by atoms with Gasteiger partial charge in [0.05, 0.1) is 11.0 Å². The lowest BCUT2D eigenvalue weighted by Gasteiger charge is -2.32. The lowest BCUT2D eigenvalue weighted by Crippen LogP contribution is -2.41. The van der Waals surface area contributed by atoms with E-state index in [1.54, 1.807) is 4.57 Å². The molecule has 0 saturated carbocycles. The average Bonchev–Trinajstić information content (AvgIpc) is 3.09. The number of aromatic nitrogens is 2. The fraction of sp³-hybridized carbons (Fsp3) is 0.308. The molecule has 1 aliphatic heterocycles. The summed E-state index contributed by atoms with van der Waals surface area (Å²) in [6, 6.07) is 22.1. The molecular formula is C26H28N4O2. The molecule has 0 spiro atoms. The van der Waals surface area contributed by atoms with Gasteiger partial charge in [0.1, 0.15) is 0 Å². The number of likely N-dealkylation sites (tertiary alicyclic amines) is 1. The summed E-state index contributed by atoms with van der Waals surface area (Å²) in [6.07, 6.45) is 1.87. The van der Waals surface area contributed by atoms with Gasteiger partial charge in [-0.1, -0.05) is 42.5 Å². The van der Waals surface area contributed by atoms with E-state index in [4.69, 9.17) is 0 Å². The van der Waals surface area contributed by atoms with Crippen molar-refractivity contribution in [1.82, 2.24) is 19.4 Å². The maximum Gasteiger partial charge on any atom is 0.329 e. The molecule has 164 valence electrons. The van der Waals surface area contributed by atoms with Crippen LogP contribution in [0.1, 0.15) is 29.2 Å². The summed E-state index contributed by atoms with van der Waals surface area (Å²) in [5, 5.41) is 5.26. The molecule has 0 radical (unpaired) electrons. The van der Waals surface area contributed by atoms with Gasteiger partial charge in [-0.05, 0) is 47.9 Å². The molecule has 1 aromatic heterocycles. The smallest absolute Gasteiger partial charge is 0.329 e. The van der Waals surface area contributed by atoms with Crippen molar-refractivity contribution < 1.29 is 4.79 Å². The van der Waals surface area contributed by atoms with Gasteiger partial charge in [0.2, 0.25) is 0 Å². The number of amides is 1. The first-order valence-corrected chi connectivity index (χ1v) is 11.3. The summed E-state index contributed by atoms with van der Waals surface area (Å²) in [5.41, 5.74) is 2.75. The first-order valence-electron chi connectivity index (χ1n) is 11.3. The number of para-hydroxylation sites is 2. The van der Waals surface area contributed by atoms with Crippen LogP contribution in [0.25, 0.3) is 21.8 Å². The second-order valence-corrected chi connectivity index (χ2v) is 8.59. The normalized spacial score (nSPS) is 15.4. The largest absolute Gasteiger partial charge is 0.351 e. The van der Waals surface area contributed by atoms with Gasteiger partial charge in [-0.2, -0.15) is 0 Å². The number of nitrogens with zero attached hydrogens (tertiary/aromatic N) is 3. The molecule has 4 aromatic rings. The van der Waals surface area contributed by atoms with Crippen LogP contribution in [0.2, 0.25) is 0 Å². The van der Waals surface area contributed by atoms with Crippen LogP contribution >= 0.6 is 0 Å². The van der Waals surface area contributed by atoms with Crippen LogP contribution in [-0.2, 0) is 7.05 Å². The summed E-state index contributed by atoms with van der Waals surface area (Å²) in [5.74, 6) is -0.0343. The number of fused-ring (bicyclic) bond motifs is 2. The standard InChI is InChI=1S/C26H28N4O2/c1-28-23-8-4-5-9-24(23)30(26(28)32)22-12-15-29(16-13-22)17-14-27-25(31)21-11-10-19-6-2-3-7-20(19)18-21/h2-11,18,22H,12-17H2,1H3,(H,27,31). The third kappa shape index (κ3) is 3.82. The van der Waals surface area contributed by atoms with E-state index in [-0.39, 0.29) is 17.6 Å². The Labute approximate surface area is 187 Å². The summed E-state index contributed by atoms with van der Waals surface area (Å²) in [4.78, 5) is 27.7. The minimum absolute atomic E-state index is 0.0343. The van der Waals surface area contributed by atoms with Crippen LogP contribution in [0.15, 0.2) is 71.5 Å². The minimum atomic E-state index is -0.0343. The number of nitrogens with one attached hydrogen (secondary N) is 1. The van der Waals surface area contributed by atoms with Crippen molar-refractivity contribution in [2.24, 2.45) is 7.05 Å². The molecule has 1 saturated heterocycles. The molecule has 1 fully saturated rings. The fourth-order valence-corrected chi connectivity index (χ4v) is 4.83. The highest BCUT2D eigenvalue weighted by atomic mass is 16.2. The highest BCUT2D eigenvalue weighted by molar-refractivity contribution is 5.98. The van der Waals surface area contributed by atoms with Gasteiger partial charge >= 0.3 is 5.69 Å². The first-order chi connectivity index (χ1) is 15.6. The van der Waals surface area contributed by atoms with Crippen molar-refractivity contribution in [3.63, 3.8) is 0 Å². The summed E-state index contributed by atoms with van der Waals surface area (Å²) in [7, 11) is 1.84. The number of hydrogen-bond donors (Lipinski definition) is 1. The van der Waals surface area contributed by atoms with Crippen molar-refractivity contribution in [2.45, 2.75) is 18.9 Å². The molecule has 0 unspecified atom stereocenters. The van der Waals surface area contributed by atoms with Gasteiger partial charge < -0.3 is 10.2 Å². The van der Waals surface area contributed by atoms with E-state index in [9.17, 15) is 9.59 Å². The maximum atomic E-state index is 12.8. The predicted octanol–water partition coefficient (Wildman–Crippen LogP) is 3.56. The Bertz CT molecular complexity index is 1330. The molecular weight excluding hydrogens is 400 g/mol. The lowest BCUT2D eigenvalue weighted by molar-refractivity contribution is 0.0944. The zero-order valence-corrected chi connectivity index (χ0v) is 18.3. The summed E-state index contributed by atoms with van der Waals surface area (Å²) >= 11 is 0. The second-order valence-electron chi connectivity index (χ2n) is 8.59. The summed E-state index contributed by atoms with van der Waals surface area (Å²) in [6.45, 7) is 3.28. The molecule has 3 aromatic carbocycles. The van der Waals surface area contributed by atoms with Crippen LogP contribution < -0.4 is 11.0 Å². The number of hydrogen-bond acceptors (Lipinski definition) is 3. The van der Waals surface area contributed by atoms with Crippen LogP contribution in [0.3, 0.4) is 0 Å². The third-order valence-electron chi connectivity index (χ3n) is 6.64. The van der Waals surface area contributed by atoms with E-state index in [0.717, 1.165) is 54.3 Å². The molecule has 32 heavy (non-hydrogen) atoms. The monoisotopic (exact) mass is 428 g/mol. The summed E-state index contributed by atoms with van der Waals surface area (Å²) < 4.78 is 3.71. The zero-order valence-electron chi connectivity index (χ0n) is 18.3. The minimum Gasteiger partial charge on any atom is -0.351 e. The number of piperidine rings is 1. The quantitative estimate of drug-likeness (QED) is 0.529. The lowest BCUT2D eigenvalue weighted by atomic mass is 10.0. The van der Waals surface area contributed by atoms with E-state index < -0.39 is 0 Å². The Balaban J connectivity index is 1.16. The SMILES string of the molecule is Cn1c(=O)n(C2CCN(CCNC(=O)c3ccc4ccccc4c3)CC2)c2ccccc21. The molecule has 6 heteroatoms. The van der Waals surface area contributed by atoms with E-state index in [1.165, 1.54) is 0 Å². The average molecular weight is 429 g/mol. The van der Waals surface area contributed by atoms with Gasteiger partial charge in [0.25, 0.3) is 5.91 Å². The van der Waals surface area contributed by atoms with Crippen molar-refractivity contribution in [3.05, 3.63) is 82.8 Å². The molecule has 0 atom stereocenters. The number of carbonyl (C=O) groups excluding carboxylic acids is 1. The van der Waals surface area contributed by atoms with Gasteiger partial charge in [-0.15, -0.1) is 0 Å². The predicted molar refractivity (Wildman–Crippen MR) is 128 cm³/mol. The number of carbonyl (C=O) groups is 1. The molecule has 1 N–H and O–H groups in total. The molecule has 1 aliphatic rings. The van der Waals surface area contributed by atoms with Crippen LogP contribution in [0.5, 0.6) is 0 Å². The van der Waals surface area contributed by atoms with Crippen LogP contribution in [-0.4, -0.2) is 46.1 Å². The van der Waals surface area contributed by atoms with Crippen molar-refractivity contribution >= 4 is 27.7 Å². The molecule has 2 heterocycles. The Kier molecular flexibility index (Phi) is 5.53. The molecule has 6 nitrogen and oxygen atoms in total. The van der Waals surface area contributed by atoms with Crippen molar-refractivity contribution in [3.8, 4) is 0 Å². The molecule has 1 amide bonds. The first kappa shape index (κ1) is 20.5. The van der Waals surface area contributed by atoms with E-state index in [0.29, 0.717) is 12.1 Å². The van der Waals surface area contributed by atoms with Gasteiger partial charge in [-0.25, -0.2) is 4.79 Å². The third-order valence-corrected chi connectivity index (χ3v) is 6.64. The second kappa shape index (κ2) is 8.63. The van der Waals surface area contributed by atoms with Crippen LogP contribution in [0.4, 0.5) is 0 Å². The van der Waals surface area contributed by atoms with Gasteiger partial charge in [-0.3, -0.25) is 13.9 Å². The van der Waals surface area contributed by atoms with Gasteiger partial charge in [0, 0.05) is 44.8 Å². The molecule has 0 aliphatic carbocycles. The van der Waals surface area contributed by atoms with Crippen LogP contribution in [0, 0.1) is 0 Å². The number of imidazole rings is 1. The topological polar surface area (TPSA) is 59.3 Å². The number of benzene rings is 3. The number of rotatable bonds is 5. The Morgan fingerprint density at radius 1 is 0.938 bits per heavy atom. The van der Waals surface area contributed by atoms with Crippen molar-refractivity contribution in [2.75, 3.05) is 26.2 Å². The van der Waals surface area contributed by atoms with Gasteiger partial charge in [0.15, 0.2) is 0 Å². The Morgan fingerprint density at radius 3 is 2.41 bits per heavy atom. The zero-order chi connectivity index (χ0) is 22.1. The molecule has 5 rings (SSSR count). The highest BCUT2D eigenvalue weighted by Crippen LogP contribution is 2.25. The maximum absolute atomic E-state index is 12.8. The number of aryl methyl sites for hydroxylation is 1. The molecule has 0 bridgehead atoms. The van der Waals surface area contributed by atoms with E-state index in [1.807, 2.05) is 78.3 Å². The Hall–Kier alpha value is -3.38. The highest BCUT2D eigenvalue weighted by Gasteiger charge is 2.24. The van der Waals surface area contributed by atoms with E-state index in [2.05, 4.69) is 10.2 Å². The van der Waals surface area contributed by atoms with E-state index >= 15 is 0 Å².